The molecule has 17 heavy (non-hydrogen) atoms. The molecule has 0 aliphatic rings. The maximum atomic E-state index is 11.1. The molecule has 0 aromatic rings. The van der Waals surface area contributed by atoms with Crippen LogP contribution in [-0.4, -0.2) is 46.2 Å². The predicted octanol–water partition coefficient (Wildman–Crippen LogP) is 0.204. The van der Waals surface area contributed by atoms with Crippen LogP contribution in [0, 0.1) is 0 Å². The van der Waals surface area contributed by atoms with Gasteiger partial charge in [0, 0.05) is 0 Å². The fraction of sp³-hybridized carbons (Fsp3) is 0.556. The average molecular weight is 441 g/mol. The Labute approximate surface area is 105 Å². The molecule has 0 atom stereocenters. The summed E-state index contributed by atoms with van der Waals surface area (Å²) in [5.41, 5.74) is 0. The molecule has 0 saturated heterocycles. The van der Waals surface area contributed by atoms with Gasteiger partial charge in [0.05, 0.1) is 0 Å². The van der Waals surface area contributed by atoms with Crippen LogP contribution in [0.25, 0.3) is 0 Å². The molecule has 0 rings (SSSR count). The summed E-state index contributed by atoms with van der Waals surface area (Å²) >= 11 is -4.93. The van der Waals surface area contributed by atoms with Gasteiger partial charge in [0.1, 0.15) is 0 Å². The van der Waals surface area contributed by atoms with Crippen molar-refractivity contribution in [3.63, 3.8) is 0 Å². The predicted molar refractivity (Wildman–Crippen MR) is 56.5 cm³/mol. The number of ketones is 1. The van der Waals surface area contributed by atoms with E-state index in [-0.39, 0.29) is 9.76 Å². The summed E-state index contributed by atoms with van der Waals surface area (Å²) in [6.45, 7) is 4.48. The second-order valence-electron chi connectivity index (χ2n) is 3.34. The maximum absolute atomic E-state index is 11.1. The van der Waals surface area contributed by atoms with E-state index in [0.29, 0.717) is 0 Å². The Morgan fingerprint density at radius 1 is 0.765 bits per heavy atom. The Bertz CT molecular complexity index is 280. The molecular formula is C9H14O7Pb. The minimum absolute atomic E-state index is 0.342. The fourth-order valence-electron chi connectivity index (χ4n) is 1.13. The molecule has 7 nitrogen and oxygen atoms in total. The molecule has 0 heterocycles. The topological polar surface area (TPSA) is 96.0 Å². The van der Waals surface area contributed by atoms with Gasteiger partial charge in [0.15, 0.2) is 0 Å². The molecule has 0 aromatic heterocycles. The van der Waals surface area contributed by atoms with Crippen LogP contribution in [0.2, 0.25) is 3.98 Å². The monoisotopic (exact) mass is 442 g/mol. The van der Waals surface area contributed by atoms with Gasteiger partial charge < -0.3 is 0 Å². The first-order valence-corrected chi connectivity index (χ1v) is 12.3. The number of carbonyl (C=O) groups is 4. The Morgan fingerprint density at radius 2 is 1.06 bits per heavy atom. The van der Waals surface area contributed by atoms with Crippen LogP contribution >= 0.6 is 0 Å². The van der Waals surface area contributed by atoms with Gasteiger partial charge in [-0.25, -0.2) is 0 Å². The molecule has 0 aliphatic heterocycles. The first-order valence-electron chi connectivity index (χ1n) is 4.75. The van der Waals surface area contributed by atoms with E-state index < -0.39 is 40.4 Å². The van der Waals surface area contributed by atoms with Crippen molar-refractivity contribution in [1.82, 2.24) is 0 Å². The van der Waals surface area contributed by atoms with E-state index in [1.165, 1.54) is 6.92 Å². The van der Waals surface area contributed by atoms with Crippen LogP contribution in [0.1, 0.15) is 27.7 Å². The molecule has 0 bridgehead atoms. The number of rotatable bonds is 5. The van der Waals surface area contributed by atoms with E-state index in [9.17, 15) is 19.2 Å². The summed E-state index contributed by atoms with van der Waals surface area (Å²) in [6, 6.07) is 0. The van der Waals surface area contributed by atoms with Crippen LogP contribution in [0.5, 0.6) is 0 Å². The summed E-state index contributed by atoms with van der Waals surface area (Å²) in [6.07, 6.45) is 0. The number of carbonyl (C=O) groups excluding carboxylic acids is 4. The zero-order chi connectivity index (χ0) is 13.6. The normalized spacial score (nSPS) is 10.4. The molecule has 8 heteroatoms. The SMILES string of the molecule is CC(=O)[CH2][Pb]([O]C(C)=O)([O]C(C)=O)[O]C(C)=O. The standard InChI is InChI=1S/C3H5O.3C2H4O2.Pb/c1-3(2)4;3*1-2(3)4;/h1H2,2H3;3*1H3,(H,3,4);/q;;;;+3/p-3. The summed E-state index contributed by atoms with van der Waals surface area (Å²) in [5.74, 6) is -2.64. The van der Waals surface area contributed by atoms with Crippen molar-refractivity contribution in [3.8, 4) is 0 Å². The van der Waals surface area contributed by atoms with Gasteiger partial charge in [-0.2, -0.15) is 0 Å². The number of hydrogen-bond donors (Lipinski definition) is 0. The fourth-order valence-corrected chi connectivity index (χ4v) is 9.94. The first kappa shape index (κ1) is 16.0. The van der Waals surface area contributed by atoms with Crippen LogP contribution in [0.3, 0.4) is 0 Å². The van der Waals surface area contributed by atoms with Gasteiger partial charge in [-0.1, -0.05) is 0 Å². The van der Waals surface area contributed by atoms with Crippen molar-refractivity contribution in [2.75, 3.05) is 0 Å². The van der Waals surface area contributed by atoms with Gasteiger partial charge in [-0.05, 0) is 0 Å². The van der Waals surface area contributed by atoms with Gasteiger partial charge in [-0.15, -0.1) is 0 Å². The summed E-state index contributed by atoms with van der Waals surface area (Å²) in [7, 11) is 0. The summed E-state index contributed by atoms with van der Waals surface area (Å²) in [5, 5.41) is 0. The Morgan fingerprint density at radius 3 is 1.24 bits per heavy atom. The van der Waals surface area contributed by atoms with Crippen LogP contribution in [-0.2, 0) is 27.2 Å². The van der Waals surface area contributed by atoms with Crippen LogP contribution in [0.4, 0.5) is 0 Å². The molecule has 0 radical (unpaired) electrons. The molecule has 0 unspecified atom stereocenters. The van der Waals surface area contributed by atoms with Crippen molar-refractivity contribution in [3.05, 3.63) is 0 Å². The van der Waals surface area contributed by atoms with Crippen molar-refractivity contribution >= 4 is 46.2 Å². The average Bonchev–Trinajstić information content (AvgIpc) is 1.95. The van der Waals surface area contributed by atoms with Gasteiger partial charge in [-0.3, -0.25) is 0 Å². The number of hydrogen-bond acceptors (Lipinski definition) is 7. The molecule has 0 spiro atoms. The number of Topliss-reactive ketones (excluding diaryl/α,β-unsaturated/α-hetero) is 1. The molecule has 0 N–H and O–H groups in total. The zero-order valence-corrected chi connectivity index (χ0v) is 14.0. The van der Waals surface area contributed by atoms with E-state index in [1.807, 2.05) is 0 Å². The van der Waals surface area contributed by atoms with Gasteiger partial charge >= 0.3 is 105 Å². The Hall–Kier alpha value is -0.998. The second kappa shape index (κ2) is 6.67. The van der Waals surface area contributed by atoms with E-state index in [4.69, 9.17) is 8.06 Å². The minimum atomic E-state index is -4.93. The van der Waals surface area contributed by atoms with E-state index in [1.54, 1.807) is 0 Å². The van der Waals surface area contributed by atoms with E-state index >= 15 is 0 Å². The zero-order valence-electron chi connectivity index (χ0n) is 10.1. The molecular weight excluding hydrogens is 427 g/mol. The van der Waals surface area contributed by atoms with Crippen molar-refractivity contribution in [2.45, 2.75) is 31.7 Å². The molecule has 0 saturated carbocycles. The van der Waals surface area contributed by atoms with Crippen molar-refractivity contribution in [1.29, 1.82) is 0 Å². The quantitative estimate of drug-likeness (QED) is 0.563. The molecule has 0 fully saturated rings. The summed E-state index contributed by atoms with van der Waals surface area (Å²) in [4.78, 5) is 43.9. The van der Waals surface area contributed by atoms with Crippen LogP contribution in [0.15, 0.2) is 0 Å². The second-order valence-corrected chi connectivity index (χ2v) is 12.4. The van der Waals surface area contributed by atoms with Crippen molar-refractivity contribution < 1.29 is 27.2 Å². The third kappa shape index (κ3) is 7.02. The molecule has 0 aromatic carbocycles. The van der Waals surface area contributed by atoms with Gasteiger partial charge in [0.2, 0.25) is 0 Å². The summed E-state index contributed by atoms with van der Waals surface area (Å²) < 4.78 is 14.2. The van der Waals surface area contributed by atoms with Crippen LogP contribution < -0.4 is 0 Å². The third-order valence-corrected chi connectivity index (χ3v) is 12.0. The molecule has 0 aliphatic carbocycles. The van der Waals surface area contributed by atoms with E-state index in [2.05, 4.69) is 0 Å². The van der Waals surface area contributed by atoms with Crippen molar-refractivity contribution in [2.24, 2.45) is 0 Å². The van der Waals surface area contributed by atoms with Gasteiger partial charge in [0.25, 0.3) is 0 Å². The molecule has 96 valence electrons. The molecule has 0 amide bonds. The third-order valence-electron chi connectivity index (χ3n) is 1.36. The Balaban J connectivity index is 5.16. The Kier molecular flexibility index (Phi) is 6.28. The first-order chi connectivity index (χ1) is 7.67. The van der Waals surface area contributed by atoms with E-state index in [0.717, 1.165) is 20.8 Å².